The minimum atomic E-state index is -4.28. The van der Waals surface area contributed by atoms with Crippen LogP contribution in [0.5, 0.6) is 0 Å². The number of benzene rings is 1. The van der Waals surface area contributed by atoms with Crippen LogP contribution in [0, 0.1) is 5.41 Å². The molecule has 2 N–H and O–H groups in total. The fourth-order valence-electron chi connectivity index (χ4n) is 4.81. The molecule has 2 atom stereocenters. The first-order valence-electron chi connectivity index (χ1n) is 11.0. The van der Waals surface area contributed by atoms with E-state index in [2.05, 4.69) is 20.1 Å². The average molecular weight is 479 g/mol. The zero-order valence-corrected chi connectivity index (χ0v) is 19.7. The number of likely N-dealkylation sites (tertiary alicyclic amines) is 1. The first-order valence-corrected chi connectivity index (χ1v) is 12.0. The summed E-state index contributed by atoms with van der Waals surface area (Å²) in [5.41, 5.74) is 7.11. The van der Waals surface area contributed by atoms with E-state index in [4.69, 9.17) is 5.73 Å². The van der Waals surface area contributed by atoms with Crippen LogP contribution in [0.15, 0.2) is 40.6 Å². The summed E-state index contributed by atoms with van der Waals surface area (Å²) in [6, 6.07) is 5.75. The summed E-state index contributed by atoms with van der Waals surface area (Å²) in [7, 11) is 3.61. The van der Waals surface area contributed by atoms with Gasteiger partial charge in [0.05, 0.1) is 11.1 Å². The van der Waals surface area contributed by atoms with Gasteiger partial charge in [0, 0.05) is 38.8 Å². The second kappa shape index (κ2) is 9.50. The van der Waals surface area contributed by atoms with Crippen LogP contribution >= 0.6 is 11.8 Å². The minimum absolute atomic E-state index is 0.247. The predicted octanol–water partition coefficient (Wildman–Crippen LogP) is 4.20. The van der Waals surface area contributed by atoms with Crippen LogP contribution in [0.3, 0.4) is 0 Å². The Labute approximate surface area is 196 Å². The molecular weight excluding hydrogens is 449 g/mol. The van der Waals surface area contributed by atoms with E-state index in [0.717, 1.165) is 60.9 Å². The first kappa shape index (κ1) is 23.8. The molecule has 1 saturated heterocycles. The van der Waals surface area contributed by atoms with Crippen LogP contribution in [0.25, 0.3) is 5.57 Å². The number of alkyl halides is 3. The summed E-state index contributed by atoms with van der Waals surface area (Å²) in [6.45, 7) is 3.09. The molecule has 4 rings (SSSR count). The lowest BCUT2D eigenvalue weighted by atomic mass is 9.97. The van der Waals surface area contributed by atoms with Crippen molar-refractivity contribution in [1.82, 2.24) is 19.7 Å². The van der Waals surface area contributed by atoms with Crippen LogP contribution < -0.4 is 5.73 Å². The molecule has 1 aromatic carbocycles. The van der Waals surface area contributed by atoms with Crippen LogP contribution in [0.4, 0.5) is 13.2 Å². The highest BCUT2D eigenvalue weighted by Crippen LogP contribution is 2.64. The molecule has 0 bridgehead atoms. The van der Waals surface area contributed by atoms with Gasteiger partial charge < -0.3 is 15.2 Å². The van der Waals surface area contributed by atoms with Gasteiger partial charge >= 0.3 is 6.18 Å². The van der Waals surface area contributed by atoms with Crippen molar-refractivity contribution < 1.29 is 13.2 Å². The predicted molar refractivity (Wildman–Crippen MR) is 125 cm³/mol. The highest BCUT2D eigenvalue weighted by molar-refractivity contribution is 7.99. The maximum Gasteiger partial charge on any atom is 0.416 e. The van der Waals surface area contributed by atoms with Gasteiger partial charge in [-0.05, 0) is 61.4 Å². The Kier molecular flexibility index (Phi) is 6.86. The molecule has 0 amide bonds. The average Bonchev–Trinajstić information content (AvgIpc) is 3.14. The third-order valence-corrected chi connectivity index (χ3v) is 7.79. The van der Waals surface area contributed by atoms with Gasteiger partial charge in [0.1, 0.15) is 0 Å². The molecule has 2 aromatic rings. The molecular formula is C23H29F3N6S. The number of aliphatic imine (C=N–C) groups is 1. The number of aromatic nitrogens is 3. The Bertz CT molecular complexity index is 1030. The van der Waals surface area contributed by atoms with Crippen LogP contribution in [-0.2, 0) is 13.2 Å². The Balaban J connectivity index is 1.23. The molecule has 1 aliphatic heterocycles. The third-order valence-electron chi connectivity index (χ3n) is 6.69. The maximum absolute atomic E-state index is 12.8. The van der Waals surface area contributed by atoms with Gasteiger partial charge in [-0.2, -0.15) is 13.2 Å². The summed E-state index contributed by atoms with van der Waals surface area (Å²) in [5, 5.41) is 9.34. The van der Waals surface area contributed by atoms with E-state index in [-0.39, 0.29) is 5.41 Å². The Hall–Kier alpha value is -2.33. The molecule has 178 valence electrons. The normalized spacial score (nSPS) is 23.8. The first-order chi connectivity index (χ1) is 15.8. The number of rotatable bonds is 8. The van der Waals surface area contributed by atoms with E-state index in [0.29, 0.717) is 11.7 Å². The summed E-state index contributed by atoms with van der Waals surface area (Å²) in [6.07, 6.45) is 2.09. The van der Waals surface area contributed by atoms with E-state index < -0.39 is 11.7 Å². The van der Waals surface area contributed by atoms with Crippen molar-refractivity contribution in [3.05, 3.63) is 47.4 Å². The van der Waals surface area contributed by atoms with Gasteiger partial charge in [-0.1, -0.05) is 23.9 Å². The number of halogens is 3. The van der Waals surface area contributed by atoms with Crippen LogP contribution in [0.2, 0.25) is 0 Å². The van der Waals surface area contributed by atoms with Gasteiger partial charge in [-0.15, -0.1) is 10.2 Å². The number of thioether (sulfide) groups is 1. The molecule has 1 spiro atoms. The van der Waals surface area contributed by atoms with Gasteiger partial charge in [-0.25, -0.2) is 0 Å². The van der Waals surface area contributed by atoms with Gasteiger partial charge in [-0.3, -0.25) is 4.99 Å². The van der Waals surface area contributed by atoms with E-state index in [9.17, 15) is 13.2 Å². The van der Waals surface area contributed by atoms with Crippen molar-refractivity contribution >= 4 is 23.5 Å². The lowest BCUT2D eigenvalue weighted by Crippen LogP contribution is -2.23. The topological polar surface area (TPSA) is 72.3 Å². The molecule has 1 aliphatic carbocycles. The second-order valence-corrected chi connectivity index (χ2v) is 9.90. The molecule has 2 aliphatic rings. The maximum atomic E-state index is 12.8. The molecule has 1 saturated carbocycles. The van der Waals surface area contributed by atoms with Crippen molar-refractivity contribution in [2.24, 2.45) is 23.2 Å². The number of nitrogens with two attached hydrogens (primary N) is 1. The zero-order valence-electron chi connectivity index (χ0n) is 18.8. The lowest BCUT2D eigenvalue weighted by Gasteiger charge is -2.16. The quantitative estimate of drug-likeness (QED) is 0.350. The van der Waals surface area contributed by atoms with E-state index in [1.807, 2.05) is 11.6 Å². The second-order valence-electron chi connectivity index (χ2n) is 8.84. The van der Waals surface area contributed by atoms with Crippen molar-refractivity contribution in [2.45, 2.75) is 36.5 Å². The van der Waals surface area contributed by atoms with E-state index in [1.54, 1.807) is 37.2 Å². The summed E-state index contributed by atoms with van der Waals surface area (Å²) in [4.78, 5) is 6.48. The summed E-state index contributed by atoms with van der Waals surface area (Å²) in [5.74, 6) is 2.00. The Morgan fingerprint density at radius 2 is 2.06 bits per heavy atom. The highest BCUT2D eigenvalue weighted by Gasteiger charge is 2.57. The van der Waals surface area contributed by atoms with Gasteiger partial charge in [0.15, 0.2) is 11.0 Å². The molecule has 2 fully saturated rings. The fraction of sp³-hybridized carbons (Fsp3) is 0.522. The largest absolute Gasteiger partial charge is 0.416 e. The van der Waals surface area contributed by atoms with E-state index in [1.165, 1.54) is 18.3 Å². The molecule has 0 radical (unpaired) electrons. The molecule has 10 heteroatoms. The third kappa shape index (κ3) is 5.11. The van der Waals surface area contributed by atoms with Crippen molar-refractivity contribution in [2.75, 3.05) is 32.4 Å². The van der Waals surface area contributed by atoms with E-state index >= 15 is 0 Å². The van der Waals surface area contributed by atoms with Gasteiger partial charge in [0.25, 0.3) is 0 Å². The fourth-order valence-corrected chi connectivity index (χ4v) is 5.64. The number of hydrogen-bond donors (Lipinski definition) is 1. The SMILES string of the molecule is CN=CC(=CN)c1nnc(SCCCN2CC[C@]3(C[C@H]3c3ccc(C(F)(F)F)cc3)C2)n1C. The smallest absolute Gasteiger partial charge is 0.404 e. The number of allylic oxidation sites excluding steroid dienone is 1. The van der Waals surface area contributed by atoms with Gasteiger partial charge in [0.2, 0.25) is 0 Å². The summed E-state index contributed by atoms with van der Waals surface area (Å²) >= 11 is 1.67. The Morgan fingerprint density at radius 3 is 2.73 bits per heavy atom. The van der Waals surface area contributed by atoms with Crippen molar-refractivity contribution in [1.29, 1.82) is 0 Å². The number of nitrogens with zero attached hydrogens (tertiary/aromatic N) is 5. The standard InChI is InChI=1S/C23H29F3N6S/c1-28-14-17(13-27)20-29-30-21(31(20)2)33-11-3-9-32-10-8-22(15-32)12-19(22)16-4-6-18(7-5-16)23(24,25)26/h4-7,13-14,19H,3,8-12,15,27H2,1-2H3/t19-,22-/m0/s1. The van der Waals surface area contributed by atoms with Crippen LogP contribution in [0.1, 0.15) is 42.1 Å². The minimum Gasteiger partial charge on any atom is -0.404 e. The molecule has 33 heavy (non-hydrogen) atoms. The van der Waals surface area contributed by atoms with Crippen molar-refractivity contribution in [3.8, 4) is 0 Å². The molecule has 0 unspecified atom stereocenters. The highest BCUT2D eigenvalue weighted by atomic mass is 32.2. The zero-order chi connectivity index (χ0) is 23.6. The van der Waals surface area contributed by atoms with Crippen LogP contribution in [-0.4, -0.2) is 58.3 Å². The van der Waals surface area contributed by atoms with Crippen molar-refractivity contribution in [3.63, 3.8) is 0 Å². The molecule has 2 heterocycles. The summed E-state index contributed by atoms with van der Waals surface area (Å²) < 4.78 is 40.4. The Morgan fingerprint density at radius 1 is 1.30 bits per heavy atom. The lowest BCUT2D eigenvalue weighted by molar-refractivity contribution is -0.137. The monoisotopic (exact) mass is 478 g/mol. The molecule has 1 aromatic heterocycles. The number of hydrogen-bond acceptors (Lipinski definition) is 6. The molecule has 6 nitrogen and oxygen atoms in total.